The van der Waals surface area contributed by atoms with Crippen LogP contribution in [0.2, 0.25) is 0 Å². The van der Waals surface area contributed by atoms with Gasteiger partial charge in [0.15, 0.2) is 0 Å². The van der Waals surface area contributed by atoms with Gasteiger partial charge in [-0.25, -0.2) is 4.79 Å². The third kappa shape index (κ3) is 1.70. The van der Waals surface area contributed by atoms with Crippen molar-refractivity contribution >= 4 is 24.4 Å². The van der Waals surface area contributed by atoms with Gasteiger partial charge in [0.25, 0.3) is 0 Å². The van der Waals surface area contributed by atoms with E-state index in [1.165, 1.54) is 6.08 Å². The van der Waals surface area contributed by atoms with E-state index in [9.17, 15) is 4.79 Å². The molecule has 0 atom stereocenters. The highest BCUT2D eigenvalue weighted by Crippen LogP contribution is 2.24. The molecule has 1 rings (SSSR count). The van der Waals surface area contributed by atoms with Crippen LogP contribution in [0.1, 0.15) is 5.56 Å². The third-order valence-corrected chi connectivity index (χ3v) is 1.96. The van der Waals surface area contributed by atoms with Crippen molar-refractivity contribution in [3.05, 3.63) is 23.8 Å². The van der Waals surface area contributed by atoms with Crippen LogP contribution in [0.4, 0.5) is 5.69 Å². The van der Waals surface area contributed by atoms with Gasteiger partial charge >= 0.3 is 0 Å². The molecule has 0 aliphatic heterocycles. The van der Waals surface area contributed by atoms with Crippen molar-refractivity contribution in [2.24, 2.45) is 4.99 Å². The first-order valence-corrected chi connectivity index (χ1v) is 3.57. The molecule has 0 heterocycles. The van der Waals surface area contributed by atoms with Crippen LogP contribution < -0.4 is 0 Å². The molecule has 0 fully saturated rings. The van der Waals surface area contributed by atoms with E-state index in [1.54, 1.807) is 6.07 Å². The molecule has 0 amide bonds. The molecule has 0 N–H and O–H groups in total. The lowest BCUT2D eigenvalue weighted by Gasteiger charge is -1.98. The summed E-state index contributed by atoms with van der Waals surface area (Å²) in [7, 11) is 0. The predicted octanol–water partition coefficient (Wildman–Crippen LogP) is 2.25. The summed E-state index contributed by atoms with van der Waals surface area (Å²) in [5.41, 5.74) is 1.58. The molecule has 2 nitrogen and oxygen atoms in total. The van der Waals surface area contributed by atoms with Gasteiger partial charge < -0.3 is 0 Å². The van der Waals surface area contributed by atoms with Gasteiger partial charge in [0.1, 0.15) is 0 Å². The summed E-state index contributed by atoms with van der Waals surface area (Å²) in [5, 5.41) is 0. The normalized spacial score (nSPS) is 8.91. The fourth-order valence-electron chi connectivity index (χ4n) is 0.783. The summed E-state index contributed by atoms with van der Waals surface area (Å²) in [4.78, 5) is 14.1. The highest BCUT2D eigenvalue weighted by Gasteiger charge is 1.97. The van der Waals surface area contributed by atoms with Gasteiger partial charge in [-0.1, -0.05) is 12.1 Å². The minimum absolute atomic E-state index is 0.573. The summed E-state index contributed by atoms with van der Waals surface area (Å²) in [6.07, 6.45) is 1.48. The van der Waals surface area contributed by atoms with E-state index >= 15 is 0 Å². The van der Waals surface area contributed by atoms with Crippen molar-refractivity contribution in [1.29, 1.82) is 0 Å². The Kier molecular flexibility index (Phi) is 2.47. The zero-order chi connectivity index (χ0) is 8.27. The first-order valence-electron chi connectivity index (χ1n) is 3.12. The number of hydrogen-bond donors (Lipinski definition) is 1. The monoisotopic (exact) mass is 165 g/mol. The quantitative estimate of drug-likeness (QED) is 0.386. The van der Waals surface area contributed by atoms with Crippen molar-refractivity contribution in [1.82, 2.24) is 0 Å². The third-order valence-electron chi connectivity index (χ3n) is 1.38. The Bertz CT molecular complexity index is 316. The molecule has 0 spiro atoms. The molecule has 0 bridgehead atoms. The van der Waals surface area contributed by atoms with Crippen molar-refractivity contribution in [3.63, 3.8) is 0 Å². The number of hydrogen-bond acceptors (Lipinski definition) is 3. The predicted molar refractivity (Wildman–Crippen MR) is 46.2 cm³/mol. The summed E-state index contributed by atoms with van der Waals surface area (Å²) in [5.74, 6) is 0. The van der Waals surface area contributed by atoms with Crippen molar-refractivity contribution in [2.45, 2.75) is 11.8 Å². The average Bonchev–Trinajstić information content (AvgIpc) is 1.99. The molecule has 3 heteroatoms. The standard InChI is InChI=1S/C8H7NOS/c1-6-3-2-4-7(8(6)11)9-5-10/h2-4,11H,1H3. The molecule has 0 aliphatic rings. The zero-order valence-electron chi connectivity index (χ0n) is 6.03. The molecule has 0 saturated heterocycles. The minimum atomic E-state index is 0.573. The van der Waals surface area contributed by atoms with E-state index in [4.69, 9.17) is 0 Å². The van der Waals surface area contributed by atoms with E-state index < -0.39 is 0 Å². The second-order valence-corrected chi connectivity index (χ2v) is 2.59. The summed E-state index contributed by atoms with van der Waals surface area (Å²) < 4.78 is 0. The highest BCUT2D eigenvalue weighted by atomic mass is 32.1. The first-order chi connectivity index (χ1) is 5.25. The van der Waals surface area contributed by atoms with Crippen molar-refractivity contribution in [2.75, 3.05) is 0 Å². The number of benzene rings is 1. The van der Waals surface area contributed by atoms with Gasteiger partial charge in [-0.05, 0) is 18.6 Å². The van der Waals surface area contributed by atoms with Crippen LogP contribution in [-0.2, 0) is 4.79 Å². The fourth-order valence-corrected chi connectivity index (χ4v) is 0.982. The Morgan fingerprint density at radius 3 is 2.91 bits per heavy atom. The van der Waals surface area contributed by atoms with Gasteiger partial charge in [-0.15, -0.1) is 12.6 Å². The fraction of sp³-hybridized carbons (Fsp3) is 0.125. The van der Waals surface area contributed by atoms with E-state index in [0.29, 0.717) is 5.69 Å². The van der Waals surface area contributed by atoms with Crippen molar-refractivity contribution in [3.8, 4) is 0 Å². The number of aliphatic imine (C=N–C) groups is 1. The molecule has 0 aromatic heterocycles. The second-order valence-electron chi connectivity index (χ2n) is 2.15. The maximum Gasteiger partial charge on any atom is 0.240 e. The average molecular weight is 165 g/mol. The number of nitrogens with zero attached hydrogens (tertiary/aromatic N) is 1. The molecule has 11 heavy (non-hydrogen) atoms. The van der Waals surface area contributed by atoms with Gasteiger partial charge in [0.05, 0.1) is 5.69 Å². The molecule has 0 aliphatic carbocycles. The van der Waals surface area contributed by atoms with Crippen LogP contribution >= 0.6 is 12.6 Å². The molecule has 0 radical (unpaired) electrons. The maximum absolute atomic E-state index is 9.91. The summed E-state index contributed by atoms with van der Waals surface area (Å²) in [6, 6.07) is 5.46. The molecule has 0 saturated carbocycles. The summed E-state index contributed by atoms with van der Waals surface area (Å²) >= 11 is 4.17. The Labute approximate surface area is 70.4 Å². The van der Waals surface area contributed by atoms with Crippen LogP contribution in [0, 0.1) is 6.92 Å². The number of rotatable bonds is 1. The SMILES string of the molecule is Cc1cccc(N=C=O)c1S. The van der Waals surface area contributed by atoms with Gasteiger partial charge in [-0.3, -0.25) is 0 Å². The number of aryl methyl sites for hydroxylation is 1. The van der Waals surface area contributed by atoms with Crippen LogP contribution in [0.5, 0.6) is 0 Å². The number of carbonyl (C=O) groups excluding carboxylic acids is 1. The lowest BCUT2D eigenvalue weighted by atomic mass is 10.2. The van der Waals surface area contributed by atoms with Crippen LogP contribution in [0.3, 0.4) is 0 Å². The zero-order valence-corrected chi connectivity index (χ0v) is 6.93. The first kappa shape index (κ1) is 8.05. The lowest BCUT2D eigenvalue weighted by molar-refractivity contribution is 0.565. The molecule has 0 unspecified atom stereocenters. The van der Waals surface area contributed by atoms with Crippen LogP contribution in [0.15, 0.2) is 28.1 Å². The maximum atomic E-state index is 9.91. The highest BCUT2D eigenvalue weighted by molar-refractivity contribution is 7.80. The van der Waals surface area contributed by atoms with Gasteiger partial charge in [0, 0.05) is 4.90 Å². The Morgan fingerprint density at radius 2 is 2.27 bits per heavy atom. The minimum Gasteiger partial charge on any atom is -0.211 e. The smallest absolute Gasteiger partial charge is 0.211 e. The molecular formula is C8H7NOS. The molecule has 56 valence electrons. The van der Waals surface area contributed by atoms with Crippen molar-refractivity contribution < 1.29 is 4.79 Å². The van der Waals surface area contributed by atoms with E-state index in [-0.39, 0.29) is 0 Å². The molecule has 1 aromatic rings. The Morgan fingerprint density at radius 1 is 1.55 bits per heavy atom. The van der Waals surface area contributed by atoms with Crippen LogP contribution in [-0.4, -0.2) is 6.08 Å². The largest absolute Gasteiger partial charge is 0.240 e. The lowest BCUT2D eigenvalue weighted by Crippen LogP contribution is -1.75. The number of thiol groups is 1. The Hall–Kier alpha value is -1.05. The van der Waals surface area contributed by atoms with Gasteiger partial charge in [0.2, 0.25) is 6.08 Å². The van der Waals surface area contributed by atoms with E-state index in [1.807, 2.05) is 19.1 Å². The number of isocyanates is 1. The van der Waals surface area contributed by atoms with E-state index in [2.05, 4.69) is 17.6 Å². The van der Waals surface area contributed by atoms with Gasteiger partial charge in [-0.2, -0.15) is 4.99 Å². The molecule has 1 aromatic carbocycles. The van der Waals surface area contributed by atoms with Crippen LogP contribution in [0.25, 0.3) is 0 Å². The van der Waals surface area contributed by atoms with E-state index in [0.717, 1.165) is 10.5 Å². The second kappa shape index (κ2) is 3.37. The topological polar surface area (TPSA) is 29.4 Å². The Balaban J connectivity index is 3.26. The summed E-state index contributed by atoms with van der Waals surface area (Å²) in [6.45, 7) is 1.91. The molecular weight excluding hydrogens is 158 g/mol.